The molecule has 1 aromatic carbocycles. The number of β-amino-alcohol motifs (C(OH)–C–C–N with tert-alkyl or cyclic N) is 1. The van der Waals surface area contributed by atoms with Crippen LogP contribution in [0.4, 0.5) is 10.1 Å². The number of carbonyl (C=O) groups excluding carboxylic acids is 2. The molecule has 1 saturated heterocycles. The maximum atomic E-state index is 13.7. The van der Waals surface area contributed by atoms with Crippen molar-refractivity contribution in [2.75, 3.05) is 11.4 Å². The van der Waals surface area contributed by atoms with Crippen molar-refractivity contribution in [3.8, 4) is 0 Å². The Kier molecular flexibility index (Phi) is 4.86. The lowest BCUT2D eigenvalue weighted by atomic mass is 9.64. The van der Waals surface area contributed by atoms with Gasteiger partial charge in [-0.1, -0.05) is 18.6 Å². The summed E-state index contributed by atoms with van der Waals surface area (Å²) >= 11 is 0. The smallest absolute Gasteiger partial charge is 0.270 e. The quantitative estimate of drug-likeness (QED) is 0.834. The van der Waals surface area contributed by atoms with Gasteiger partial charge in [-0.3, -0.25) is 14.6 Å². The van der Waals surface area contributed by atoms with Gasteiger partial charge in [-0.25, -0.2) is 4.39 Å². The molecule has 1 spiro atoms. The number of anilines is 1. The van der Waals surface area contributed by atoms with Gasteiger partial charge in [0.25, 0.3) is 5.91 Å². The fourth-order valence-corrected chi connectivity index (χ4v) is 4.71. The van der Waals surface area contributed by atoms with E-state index in [-0.39, 0.29) is 24.4 Å². The van der Waals surface area contributed by atoms with E-state index in [0.717, 1.165) is 6.42 Å². The zero-order valence-corrected chi connectivity index (χ0v) is 16.3. The van der Waals surface area contributed by atoms with Gasteiger partial charge in [0.15, 0.2) is 0 Å². The van der Waals surface area contributed by atoms with E-state index in [1.807, 2.05) is 0 Å². The number of aromatic nitrogens is 1. The molecule has 1 aliphatic heterocycles. The molecule has 3 atom stereocenters. The minimum Gasteiger partial charge on any atom is -0.387 e. The topological polar surface area (TPSA) is 82.5 Å². The third-order valence-electron chi connectivity index (χ3n) is 6.26. The Balaban J connectivity index is 1.57. The molecule has 2 N–H and O–H groups in total. The van der Waals surface area contributed by atoms with Crippen LogP contribution < -0.4 is 10.2 Å². The van der Waals surface area contributed by atoms with E-state index >= 15 is 0 Å². The first-order valence-corrected chi connectivity index (χ1v) is 9.84. The molecule has 2 aliphatic rings. The van der Waals surface area contributed by atoms with Crippen molar-refractivity contribution in [1.82, 2.24) is 10.3 Å². The van der Waals surface area contributed by atoms with E-state index in [2.05, 4.69) is 10.3 Å². The molecule has 0 radical (unpaired) electrons. The number of carbonyl (C=O) groups is 2. The first-order valence-electron chi connectivity index (χ1n) is 9.84. The highest BCUT2D eigenvalue weighted by atomic mass is 19.1. The summed E-state index contributed by atoms with van der Waals surface area (Å²) in [6.07, 6.45) is 3.85. The van der Waals surface area contributed by atoms with Crippen molar-refractivity contribution in [1.29, 1.82) is 0 Å². The fraction of sp³-hybridized carbons (Fsp3) is 0.409. The van der Waals surface area contributed by atoms with Crippen LogP contribution in [-0.2, 0) is 4.79 Å². The average molecular weight is 397 g/mol. The second-order valence-corrected chi connectivity index (χ2v) is 8.21. The molecule has 4 rings (SSSR count). The van der Waals surface area contributed by atoms with Crippen LogP contribution in [0.5, 0.6) is 0 Å². The Morgan fingerprint density at radius 3 is 2.86 bits per heavy atom. The molecule has 7 heteroatoms. The van der Waals surface area contributed by atoms with E-state index in [1.165, 1.54) is 17.0 Å². The number of nitrogens with zero attached hydrogens (tertiary/aromatic N) is 2. The molecule has 29 heavy (non-hydrogen) atoms. The van der Waals surface area contributed by atoms with Crippen molar-refractivity contribution >= 4 is 17.5 Å². The lowest BCUT2D eigenvalue weighted by Gasteiger charge is -2.43. The summed E-state index contributed by atoms with van der Waals surface area (Å²) in [6.45, 7) is 1.75. The highest BCUT2D eigenvalue weighted by molar-refractivity contribution is 6.01. The molecule has 2 amide bonds. The zero-order chi connectivity index (χ0) is 20.6. The largest absolute Gasteiger partial charge is 0.387 e. The van der Waals surface area contributed by atoms with Crippen LogP contribution in [0.15, 0.2) is 48.7 Å². The maximum Gasteiger partial charge on any atom is 0.270 e. The van der Waals surface area contributed by atoms with Gasteiger partial charge in [0, 0.05) is 17.9 Å². The van der Waals surface area contributed by atoms with Crippen LogP contribution in [0.25, 0.3) is 0 Å². The Labute approximate surface area is 168 Å². The first-order chi connectivity index (χ1) is 13.8. The Morgan fingerprint density at radius 2 is 2.14 bits per heavy atom. The van der Waals surface area contributed by atoms with Crippen molar-refractivity contribution in [3.63, 3.8) is 0 Å². The summed E-state index contributed by atoms with van der Waals surface area (Å²) in [5, 5.41) is 14.2. The van der Waals surface area contributed by atoms with Gasteiger partial charge in [0.05, 0.1) is 17.6 Å². The van der Waals surface area contributed by atoms with Crippen LogP contribution in [0.1, 0.15) is 43.1 Å². The molecule has 2 fully saturated rings. The molecule has 1 aliphatic carbocycles. The fourth-order valence-electron chi connectivity index (χ4n) is 4.71. The van der Waals surface area contributed by atoms with Gasteiger partial charge >= 0.3 is 0 Å². The molecular weight excluding hydrogens is 373 g/mol. The highest BCUT2D eigenvalue weighted by Gasteiger charge is 2.62. The molecule has 1 aromatic heterocycles. The molecule has 1 saturated carbocycles. The van der Waals surface area contributed by atoms with Crippen molar-refractivity contribution in [3.05, 3.63) is 60.2 Å². The summed E-state index contributed by atoms with van der Waals surface area (Å²) in [5.41, 5.74) is -1.55. The Bertz CT molecular complexity index is 934. The summed E-state index contributed by atoms with van der Waals surface area (Å²) in [4.78, 5) is 31.5. The van der Waals surface area contributed by atoms with Crippen molar-refractivity contribution in [2.24, 2.45) is 5.41 Å². The average Bonchev–Trinajstić information content (AvgIpc) is 2.89. The molecule has 6 nitrogen and oxygen atoms in total. The number of halogens is 1. The third kappa shape index (κ3) is 3.40. The predicted molar refractivity (Wildman–Crippen MR) is 106 cm³/mol. The number of aliphatic hydroxyl groups is 1. The molecule has 152 valence electrons. The second kappa shape index (κ2) is 7.22. The SMILES string of the molecule is CC1(O)CN(c2cccc(F)c2)C(=O)C12CCCC(NC(=O)c1ccccn1)C2. The molecule has 3 unspecified atom stereocenters. The lowest BCUT2D eigenvalue weighted by molar-refractivity contribution is -0.139. The van der Waals surface area contributed by atoms with Crippen LogP contribution in [0.3, 0.4) is 0 Å². The van der Waals surface area contributed by atoms with Gasteiger partial charge in [0.2, 0.25) is 5.91 Å². The lowest BCUT2D eigenvalue weighted by Crippen LogP contribution is -2.53. The van der Waals surface area contributed by atoms with Gasteiger partial charge in [-0.15, -0.1) is 0 Å². The number of hydrogen-bond acceptors (Lipinski definition) is 4. The van der Waals surface area contributed by atoms with Crippen LogP contribution in [0.2, 0.25) is 0 Å². The molecule has 0 bridgehead atoms. The third-order valence-corrected chi connectivity index (χ3v) is 6.26. The van der Waals surface area contributed by atoms with Crippen LogP contribution >= 0.6 is 0 Å². The van der Waals surface area contributed by atoms with Crippen molar-refractivity contribution in [2.45, 2.75) is 44.2 Å². The van der Waals surface area contributed by atoms with Gasteiger partial charge in [-0.05, 0) is 56.5 Å². The number of benzene rings is 1. The van der Waals surface area contributed by atoms with Crippen LogP contribution in [0, 0.1) is 11.2 Å². The molecule has 2 heterocycles. The van der Waals surface area contributed by atoms with Gasteiger partial charge in [0.1, 0.15) is 11.5 Å². The Morgan fingerprint density at radius 1 is 1.31 bits per heavy atom. The minimum atomic E-state index is -1.29. The number of hydrogen-bond donors (Lipinski definition) is 2. The number of rotatable bonds is 3. The van der Waals surface area contributed by atoms with Gasteiger partial charge in [-0.2, -0.15) is 0 Å². The van der Waals surface area contributed by atoms with E-state index in [0.29, 0.717) is 30.6 Å². The standard InChI is InChI=1S/C22H24FN3O3/c1-21(29)14-26(17-8-4-6-15(23)12-17)20(28)22(21)10-5-7-16(13-22)25-19(27)18-9-2-3-11-24-18/h2-4,6,8-9,11-12,16,29H,5,7,10,13-14H2,1H3,(H,25,27). The number of nitrogens with one attached hydrogen (secondary N) is 1. The summed E-state index contributed by atoms with van der Waals surface area (Å²) < 4.78 is 13.7. The highest BCUT2D eigenvalue weighted by Crippen LogP contribution is 2.51. The summed E-state index contributed by atoms with van der Waals surface area (Å²) in [6, 6.07) is 10.7. The van der Waals surface area contributed by atoms with E-state index in [4.69, 9.17) is 0 Å². The van der Waals surface area contributed by atoms with Crippen LogP contribution in [-0.4, -0.2) is 40.1 Å². The second-order valence-electron chi connectivity index (χ2n) is 8.21. The summed E-state index contributed by atoms with van der Waals surface area (Å²) in [7, 11) is 0. The maximum absolute atomic E-state index is 13.7. The summed E-state index contributed by atoms with van der Waals surface area (Å²) in [5.74, 6) is -0.940. The monoisotopic (exact) mass is 397 g/mol. The van der Waals surface area contributed by atoms with E-state index < -0.39 is 16.8 Å². The predicted octanol–water partition coefficient (Wildman–Crippen LogP) is 2.68. The molecule has 2 aromatic rings. The zero-order valence-electron chi connectivity index (χ0n) is 16.3. The van der Waals surface area contributed by atoms with E-state index in [1.54, 1.807) is 43.5 Å². The Hall–Kier alpha value is -2.80. The van der Waals surface area contributed by atoms with E-state index in [9.17, 15) is 19.1 Å². The number of pyridine rings is 1. The number of amides is 2. The minimum absolute atomic E-state index is 0.0934. The first kappa shape index (κ1) is 19.5. The normalized spacial score (nSPS) is 29.3. The van der Waals surface area contributed by atoms with Gasteiger partial charge < -0.3 is 15.3 Å². The molecular formula is C22H24FN3O3. The van der Waals surface area contributed by atoms with Crippen molar-refractivity contribution < 1.29 is 19.1 Å².